The largest absolute Gasteiger partial charge is 0.504 e. The lowest BCUT2D eigenvalue weighted by Crippen LogP contribution is -2.55. The van der Waals surface area contributed by atoms with Crippen molar-refractivity contribution in [1.82, 2.24) is 10.2 Å². The fourth-order valence-corrected chi connectivity index (χ4v) is 18.4. The molecule has 5 N–H and O–H groups in total. The first kappa shape index (κ1) is 46.4. The Balaban J connectivity index is 0.999. The predicted octanol–water partition coefficient (Wildman–Crippen LogP) is 10.6. The van der Waals surface area contributed by atoms with Crippen LogP contribution < -0.4 is 15.8 Å². The number of rotatable bonds is 2. The van der Waals surface area contributed by atoms with Gasteiger partial charge in [0.15, 0.2) is 17.5 Å². The van der Waals surface area contributed by atoms with Crippen LogP contribution in [0.25, 0.3) is 0 Å². The molecule has 6 bridgehead atoms. The normalized spacial score (nSPS) is 36.0. The fraction of sp³-hybridized carbons (Fsp3) is 0.685. The number of nitrogens with one attached hydrogen (secondary N) is 1. The fourth-order valence-electron chi connectivity index (χ4n) is 14.8. The summed E-state index contributed by atoms with van der Waals surface area (Å²) < 4.78 is 13.0. The Kier molecular flexibility index (Phi) is 13.5. The average molecular weight is 939 g/mol. The summed E-state index contributed by atoms with van der Waals surface area (Å²) >= 11 is 0. The minimum Gasteiger partial charge on any atom is -0.504 e. The zero-order chi connectivity index (χ0) is 45.5. The van der Waals surface area contributed by atoms with Crippen LogP contribution in [0.3, 0.4) is 0 Å². The van der Waals surface area contributed by atoms with Gasteiger partial charge in [0.2, 0.25) is 5.91 Å². The SMILES string of the molecule is CC(=O)OC1CCc2cc(c(O)c3c2C2C=CC4(CCCC4C2)O3)CN2CC3(CC2=O)C(CCC3c2ccccc2)CN=C(N)NC2(CCCC23CCCC3)SSCCCCCCC(O)C1. The van der Waals surface area contributed by atoms with Crippen molar-refractivity contribution in [3.05, 3.63) is 70.8 Å². The van der Waals surface area contributed by atoms with E-state index in [2.05, 4.69) is 53.9 Å². The zero-order valence-electron chi connectivity index (χ0n) is 39.3. The minimum atomic E-state index is -0.568. The van der Waals surface area contributed by atoms with Crippen molar-refractivity contribution in [2.75, 3.05) is 18.8 Å². The molecule has 0 aromatic heterocycles. The molecule has 358 valence electrons. The number of carbonyl (C=O) groups is 2. The number of aromatic hydroxyl groups is 1. The number of allylic oxidation sites excluding steroid dienone is 1. The van der Waals surface area contributed by atoms with Crippen LogP contribution in [0.2, 0.25) is 0 Å². The lowest BCUT2D eigenvalue weighted by atomic mass is 9.68. The van der Waals surface area contributed by atoms with Gasteiger partial charge in [0, 0.05) is 78.9 Å². The Morgan fingerprint density at radius 1 is 0.924 bits per heavy atom. The highest BCUT2D eigenvalue weighted by molar-refractivity contribution is 8.77. The number of phenols is 1. The van der Waals surface area contributed by atoms with Crippen molar-refractivity contribution in [3.8, 4) is 11.5 Å². The van der Waals surface area contributed by atoms with Gasteiger partial charge in [0.1, 0.15) is 16.6 Å². The monoisotopic (exact) mass is 939 g/mol. The van der Waals surface area contributed by atoms with Gasteiger partial charge in [-0.2, -0.15) is 0 Å². The van der Waals surface area contributed by atoms with Crippen molar-refractivity contribution in [2.24, 2.45) is 33.4 Å². The van der Waals surface area contributed by atoms with Gasteiger partial charge in [0.05, 0.1) is 6.10 Å². The van der Waals surface area contributed by atoms with Gasteiger partial charge in [-0.25, -0.2) is 0 Å². The number of benzene rings is 2. The van der Waals surface area contributed by atoms with Crippen molar-refractivity contribution >= 4 is 39.4 Å². The van der Waals surface area contributed by atoms with E-state index in [4.69, 9.17) is 20.2 Å². The van der Waals surface area contributed by atoms with Crippen molar-refractivity contribution in [2.45, 2.75) is 189 Å². The number of guanidine groups is 1. The quantitative estimate of drug-likeness (QED) is 0.130. The number of esters is 1. The van der Waals surface area contributed by atoms with Crippen molar-refractivity contribution in [1.29, 1.82) is 0 Å². The third-order valence-corrected chi connectivity index (χ3v) is 21.3. The number of hydrogen-bond donors (Lipinski definition) is 4. The van der Waals surface area contributed by atoms with E-state index in [1.54, 1.807) is 0 Å². The van der Waals surface area contributed by atoms with E-state index in [1.807, 2.05) is 26.5 Å². The highest BCUT2D eigenvalue weighted by Crippen LogP contribution is 2.64. The molecule has 0 radical (unpaired) electrons. The smallest absolute Gasteiger partial charge is 0.302 e. The number of nitrogens with zero attached hydrogens (tertiary/aromatic N) is 2. The number of nitrogens with two attached hydrogens (primary N) is 1. The maximum Gasteiger partial charge on any atom is 0.302 e. The Labute approximate surface area is 400 Å². The zero-order valence-corrected chi connectivity index (χ0v) is 40.9. The van der Waals surface area contributed by atoms with E-state index in [0.717, 1.165) is 87.5 Å². The minimum absolute atomic E-state index is 0.0982. The molecule has 4 aliphatic heterocycles. The number of aliphatic hydroxyl groups excluding tert-OH is 1. The molecule has 12 heteroatoms. The molecular formula is C54H74N4O6S2. The van der Waals surface area contributed by atoms with E-state index in [9.17, 15) is 19.8 Å². The third-order valence-electron chi connectivity index (χ3n) is 18.0. The number of aliphatic imine (C=N–C) groups is 1. The molecular weight excluding hydrogens is 865 g/mol. The van der Waals surface area contributed by atoms with Crippen molar-refractivity contribution in [3.63, 3.8) is 0 Å². The van der Waals surface area contributed by atoms with Gasteiger partial charge in [-0.05, 0) is 131 Å². The Morgan fingerprint density at radius 3 is 2.58 bits per heavy atom. The predicted molar refractivity (Wildman–Crippen MR) is 264 cm³/mol. The molecule has 10 nitrogen and oxygen atoms in total. The van der Waals surface area contributed by atoms with E-state index >= 15 is 0 Å². The maximum atomic E-state index is 14.7. The summed E-state index contributed by atoms with van der Waals surface area (Å²) in [5, 5.41) is 27.7. The Bertz CT molecular complexity index is 2160. The van der Waals surface area contributed by atoms with Gasteiger partial charge in [-0.3, -0.25) is 14.6 Å². The summed E-state index contributed by atoms with van der Waals surface area (Å²) in [5.41, 5.74) is 10.5. The number of carbonyl (C=O) groups excluding carboxylic acids is 2. The summed E-state index contributed by atoms with van der Waals surface area (Å²) in [6.45, 7) is 2.88. The van der Waals surface area contributed by atoms with Crippen LogP contribution in [0.1, 0.15) is 176 Å². The summed E-state index contributed by atoms with van der Waals surface area (Å²) in [4.78, 5) is 34.3. The molecule has 11 rings (SSSR count). The number of fused-ring (bicyclic) bond motifs is 4. The number of phenolic OH excluding ortho intramolecular Hbond substituents is 1. The number of aliphatic hydroxyl groups is 1. The number of hydrogen-bond acceptors (Lipinski definition) is 11. The molecule has 9 aliphatic rings. The Morgan fingerprint density at radius 2 is 1.74 bits per heavy atom. The number of amides is 1. The molecule has 4 spiro atoms. The first-order chi connectivity index (χ1) is 32.0. The van der Waals surface area contributed by atoms with Crippen molar-refractivity contribution < 1.29 is 29.3 Å². The van der Waals surface area contributed by atoms with E-state index in [1.165, 1.54) is 51.0 Å². The highest BCUT2D eigenvalue weighted by Gasteiger charge is 2.59. The maximum absolute atomic E-state index is 14.7. The molecule has 2 aromatic carbocycles. The third kappa shape index (κ3) is 8.79. The average Bonchev–Trinajstić information content (AvgIpc) is 4.12. The molecule has 4 saturated carbocycles. The van der Waals surface area contributed by atoms with Gasteiger partial charge in [-0.15, -0.1) is 0 Å². The second-order valence-electron chi connectivity index (χ2n) is 21.8. The highest BCUT2D eigenvalue weighted by atomic mass is 33.1. The van der Waals surface area contributed by atoms with Crippen LogP contribution in [-0.2, 0) is 27.3 Å². The van der Waals surface area contributed by atoms with E-state index in [0.29, 0.717) is 68.4 Å². The second kappa shape index (κ2) is 19.2. The van der Waals surface area contributed by atoms with Crippen LogP contribution in [0.15, 0.2) is 53.5 Å². The molecule has 2 aromatic rings. The van der Waals surface area contributed by atoms with Crippen LogP contribution in [-0.4, -0.2) is 74.5 Å². The lowest BCUT2D eigenvalue weighted by Gasteiger charge is -2.44. The van der Waals surface area contributed by atoms with Gasteiger partial charge < -0.3 is 35.6 Å². The van der Waals surface area contributed by atoms with Crippen LogP contribution in [0.5, 0.6) is 11.5 Å². The van der Waals surface area contributed by atoms with E-state index < -0.39 is 17.8 Å². The summed E-state index contributed by atoms with van der Waals surface area (Å²) in [7, 11) is 4.00. The van der Waals surface area contributed by atoms with Crippen LogP contribution in [0.4, 0.5) is 0 Å². The summed E-state index contributed by atoms with van der Waals surface area (Å²) in [5.74, 6) is 2.91. The topological polar surface area (TPSA) is 147 Å². The molecule has 1 saturated heterocycles. The lowest BCUT2D eigenvalue weighted by molar-refractivity contribution is -0.148. The molecule has 4 heterocycles. The Hall–Kier alpha value is -3.35. The second-order valence-corrected chi connectivity index (χ2v) is 24.5. The first-order valence-corrected chi connectivity index (χ1v) is 28.2. The molecule has 9 atom stereocenters. The first-order valence-electron chi connectivity index (χ1n) is 25.8. The summed E-state index contributed by atoms with van der Waals surface area (Å²) in [6.07, 6.45) is 25.0. The van der Waals surface area contributed by atoms with Gasteiger partial charge >= 0.3 is 5.97 Å². The van der Waals surface area contributed by atoms with Gasteiger partial charge in [-0.1, -0.05) is 90.1 Å². The molecule has 1 amide bonds. The summed E-state index contributed by atoms with van der Waals surface area (Å²) in [6, 6.07) is 12.9. The van der Waals surface area contributed by atoms with E-state index in [-0.39, 0.29) is 57.6 Å². The van der Waals surface area contributed by atoms with Crippen LogP contribution in [0, 0.1) is 22.7 Å². The van der Waals surface area contributed by atoms with Crippen LogP contribution >= 0.6 is 21.6 Å². The number of ether oxygens (including phenoxy) is 2. The van der Waals surface area contributed by atoms with Gasteiger partial charge in [0.25, 0.3) is 0 Å². The molecule has 9 unspecified atom stereocenters. The molecule has 66 heavy (non-hydrogen) atoms. The number of aryl methyl sites for hydroxylation is 1. The molecule has 5 aliphatic carbocycles. The molecule has 5 fully saturated rings. The standard InChI is InChI=1S/C54H74N4O6S2/c1-36(59)63-44-19-17-38-29-40(48(62)49-47(38)39-21-27-53(64-49)25-11-15-41(53)30-39)34-58-35-52(32-46(58)61)42(18-20-45(52)37-13-5-4-6-14-37)33-56-50(55)57-54(26-12-24-51(54)22-8-9-23-51)66-65-28-10-3-2-7-16-43(60)31-44/h4-6,13-14,21,27,29,39,41-45,60,62H,2-3,7-12,15-20,22-26,28,30-35H2,1H3,(H3,55,56,57).